The smallest absolute Gasteiger partial charge is 0.0840 e. The number of piperidine rings is 1. The number of nitrogens with one attached hydrogen (secondary N) is 1. The molecule has 2 heteroatoms. The maximum atomic E-state index is 10.3. The van der Waals surface area contributed by atoms with Gasteiger partial charge in [0.25, 0.3) is 0 Å². The predicted molar refractivity (Wildman–Crippen MR) is 78.3 cm³/mol. The maximum absolute atomic E-state index is 10.3. The van der Waals surface area contributed by atoms with Crippen LogP contribution in [-0.4, -0.2) is 17.7 Å². The predicted octanol–water partition coefficient (Wildman–Crippen LogP) is 2.73. The van der Waals surface area contributed by atoms with Crippen LogP contribution in [0.1, 0.15) is 50.8 Å². The lowest BCUT2D eigenvalue weighted by Crippen LogP contribution is -2.56. The monoisotopic (exact) mass is 259 g/mol. The van der Waals surface area contributed by atoms with Gasteiger partial charge in [-0.3, -0.25) is 0 Å². The molecule has 1 fully saturated rings. The highest BCUT2D eigenvalue weighted by atomic mass is 16.3. The van der Waals surface area contributed by atoms with Crippen LogP contribution in [0, 0.1) is 5.92 Å². The summed E-state index contributed by atoms with van der Waals surface area (Å²) in [7, 11) is 0. The third kappa shape index (κ3) is 1.93. The van der Waals surface area contributed by atoms with Gasteiger partial charge in [0.2, 0.25) is 0 Å². The van der Waals surface area contributed by atoms with Crippen molar-refractivity contribution in [1.29, 1.82) is 0 Å². The summed E-state index contributed by atoms with van der Waals surface area (Å²) >= 11 is 0. The van der Waals surface area contributed by atoms with Gasteiger partial charge in [-0.05, 0) is 61.3 Å². The molecule has 1 heterocycles. The molecule has 2 nitrogen and oxygen atoms in total. The van der Waals surface area contributed by atoms with Crippen LogP contribution in [0.5, 0.6) is 0 Å². The lowest BCUT2D eigenvalue weighted by molar-refractivity contribution is 0.0779. The molecule has 3 atom stereocenters. The van der Waals surface area contributed by atoms with Crippen molar-refractivity contribution in [1.82, 2.24) is 5.32 Å². The highest BCUT2D eigenvalue weighted by Gasteiger charge is 2.45. The lowest BCUT2D eigenvalue weighted by atomic mass is 9.59. The van der Waals surface area contributed by atoms with E-state index in [1.165, 1.54) is 17.5 Å². The van der Waals surface area contributed by atoms with Gasteiger partial charge in [-0.25, -0.2) is 0 Å². The molecule has 1 aliphatic carbocycles. The minimum absolute atomic E-state index is 0.255. The molecule has 0 amide bonds. The highest BCUT2D eigenvalue weighted by molar-refractivity contribution is 5.43. The Morgan fingerprint density at radius 3 is 2.79 bits per heavy atom. The maximum Gasteiger partial charge on any atom is 0.0840 e. The average molecular weight is 259 g/mol. The molecule has 1 saturated heterocycles. The quantitative estimate of drug-likeness (QED) is 0.813. The first kappa shape index (κ1) is 13.1. The summed E-state index contributed by atoms with van der Waals surface area (Å²) < 4.78 is 0. The molecule has 2 aliphatic rings. The second-order valence-electron chi connectivity index (χ2n) is 7.15. The molecule has 2 N–H and O–H groups in total. The van der Waals surface area contributed by atoms with E-state index in [9.17, 15) is 5.11 Å². The van der Waals surface area contributed by atoms with Crippen LogP contribution in [0.25, 0.3) is 0 Å². The molecule has 1 unspecified atom stereocenters. The normalized spacial score (nSPS) is 33.9. The van der Waals surface area contributed by atoms with E-state index in [2.05, 4.69) is 37.4 Å². The second kappa shape index (κ2) is 4.07. The average Bonchev–Trinajstić information content (AvgIpc) is 2.32. The second-order valence-corrected chi connectivity index (χ2v) is 7.15. The molecule has 1 aliphatic heterocycles. The van der Waals surface area contributed by atoms with Crippen molar-refractivity contribution in [2.24, 2.45) is 5.92 Å². The fraction of sp³-hybridized carbons (Fsp3) is 0.647. The van der Waals surface area contributed by atoms with Crippen LogP contribution >= 0.6 is 0 Å². The molecule has 1 aromatic carbocycles. The third-order valence-electron chi connectivity index (χ3n) is 5.53. The molecule has 0 aromatic heterocycles. The minimum Gasteiger partial charge on any atom is -0.386 e. The zero-order chi connectivity index (χ0) is 13.8. The summed E-state index contributed by atoms with van der Waals surface area (Å²) in [6, 6.07) is 7.19. The van der Waals surface area contributed by atoms with Gasteiger partial charge in [-0.15, -0.1) is 0 Å². The molecule has 1 aromatic rings. The Morgan fingerprint density at radius 1 is 1.37 bits per heavy atom. The van der Waals surface area contributed by atoms with Gasteiger partial charge in [0, 0.05) is 6.04 Å². The van der Waals surface area contributed by atoms with Crippen LogP contribution in [0.2, 0.25) is 0 Å². The molecule has 0 radical (unpaired) electrons. The number of benzene rings is 1. The summed E-state index contributed by atoms with van der Waals surface area (Å²) in [4.78, 5) is 0. The van der Waals surface area contributed by atoms with E-state index in [0.29, 0.717) is 12.0 Å². The van der Waals surface area contributed by atoms with Crippen molar-refractivity contribution < 1.29 is 5.11 Å². The number of rotatable bonds is 1. The molecule has 104 valence electrons. The first-order valence-corrected chi connectivity index (χ1v) is 7.42. The van der Waals surface area contributed by atoms with Crippen LogP contribution in [-0.2, 0) is 17.4 Å². The topological polar surface area (TPSA) is 32.3 Å². The SMILES string of the molecule is CC1[C@H]2Cc3ccc(C(C)(C)O)cc3[C@]1(C)CCN2. The Labute approximate surface area is 116 Å². The fourth-order valence-electron chi connectivity index (χ4n) is 3.90. The van der Waals surface area contributed by atoms with Gasteiger partial charge in [0.1, 0.15) is 0 Å². The number of fused-ring (bicyclic) bond motifs is 4. The van der Waals surface area contributed by atoms with Crippen LogP contribution in [0.15, 0.2) is 18.2 Å². The van der Waals surface area contributed by atoms with Gasteiger partial charge in [-0.2, -0.15) is 0 Å². The van der Waals surface area contributed by atoms with Gasteiger partial charge in [0.05, 0.1) is 5.60 Å². The van der Waals surface area contributed by atoms with Gasteiger partial charge >= 0.3 is 0 Å². The van der Waals surface area contributed by atoms with Crippen molar-refractivity contribution in [3.63, 3.8) is 0 Å². The van der Waals surface area contributed by atoms with E-state index in [4.69, 9.17) is 0 Å². The van der Waals surface area contributed by atoms with E-state index in [-0.39, 0.29) is 5.41 Å². The molecular formula is C17H25NO. The number of aliphatic hydroxyl groups is 1. The standard InChI is InChI=1S/C17H25NO/c1-11-15-9-12-5-6-13(16(2,3)19)10-14(12)17(11,4)7-8-18-15/h5-6,10-11,15,18-19H,7-9H2,1-4H3/t11?,15-,17-/m1/s1. The number of hydrogen-bond acceptors (Lipinski definition) is 2. The molecule has 19 heavy (non-hydrogen) atoms. The van der Waals surface area contributed by atoms with E-state index in [1.54, 1.807) is 0 Å². The lowest BCUT2D eigenvalue weighted by Gasteiger charge is -2.50. The Hall–Kier alpha value is -0.860. The Kier molecular flexibility index (Phi) is 2.81. The zero-order valence-corrected chi connectivity index (χ0v) is 12.5. The summed E-state index contributed by atoms with van der Waals surface area (Å²) in [5.41, 5.74) is 3.48. The zero-order valence-electron chi connectivity index (χ0n) is 12.5. The third-order valence-corrected chi connectivity index (χ3v) is 5.53. The molecule has 2 bridgehead atoms. The summed E-state index contributed by atoms with van der Waals surface area (Å²) in [5, 5.41) is 13.9. The van der Waals surface area contributed by atoms with Crippen LogP contribution in [0.3, 0.4) is 0 Å². The van der Waals surface area contributed by atoms with E-state index < -0.39 is 5.60 Å². The van der Waals surface area contributed by atoms with E-state index in [1.807, 2.05) is 13.8 Å². The van der Waals surface area contributed by atoms with Crippen LogP contribution in [0.4, 0.5) is 0 Å². The van der Waals surface area contributed by atoms with Crippen molar-refractivity contribution in [3.8, 4) is 0 Å². The van der Waals surface area contributed by atoms with Gasteiger partial charge < -0.3 is 10.4 Å². The Bertz CT molecular complexity index is 502. The Morgan fingerprint density at radius 2 is 2.11 bits per heavy atom. The summed E-state index contributed by atoms with van der Waals surface area (Å²) in [6.07, 6.45) is 2.31. The van der Waals surface area contributed by atoms with Crippen molar-refractivity contribution in [2.45, 2.75) is 57.6 Å². The first-order chi connectivity index (χ1) is 8.82. The molecule has 0 saturated carbocycles. The first-order valence-electron chi connectivity index (χ1n) is 7.42. The van der Waals surface area contributed by atoms with Gasteiger partial charge in [-0.1, -0.05) is 32.0 Å². The van der Waals surface area contributed by atoms with E-state index in [0.717, 1.165) is 18.5 Å². The number of hydrogen-bond donors (Lipinski definition) is 2. The largest absolute Gasteiger partial charge is 0.386 e. The van der Waals surface area contributed by atoms with Crippen LogP contribution < -0.4 is 5.32 Å². The Balaban J connectivity index is 2.14. The molecule has 0 spiro atoms. The summed E-state index contributed by atoms with van der Waals surface area (Å²) in [6.45, 7) is 9.62. The minimum atomic E-state index is -0.752. The van der Waals surface area contributed by atoms with E-state index >= 15 is 0 Å². The highest BCUT2D eigenvalue weighted by Crippen LogP contribution is 2.46. The molecular weight excluding hydrogens is 234 g/mol. The van der Waals surface area contributed by atoms with Gasteiger partial charge in [0.15, 0.2) is 0 Å². The van der Waals surface area contributed by atoms with Crippen molar-refractivity contribution in [2.75, 3.05) is 6.54 Å². The fourth-order valence-corrected chi connectivity index (χ4v) is 3.90. The summed E-state index contributed by atoms with van der Waals surface area (Å²) in [5.74, 6) is 0.658. The molecule has 3 rings (SSSR count). The van der Waals surface area contributed by atoms with Crippen molar-refractivity contribution >= 4 is 0 Å². The van der Waals surface area contributed by atoms with Crippen molar-refractivity contribution in [3.05, 3.63) is 34.9 Å².